The lowest BCUT2D eigenvalue weighted by Crippen LogP contribution is -2.49. The van der Waals surface area contributed by atoms with Crippen molar-refractivity contribution >= 4 is 5.91 Å². The van der Waals surface area contributed by atoms with Gasteiger partial charge in [-0.05, 0) is 6.42 Å². The van der Waals surface area contributed by atoms with E-state index in [0.717, 1.165) is 26.1 Å². The number of nitrogens with one attached hydrogen (secondary N) is 1. The molecule has 0 saturated carbocycles. The van der Waals surface area contributed by atoms with Gasteiger partial charge in [0.1, 0.15) is 5.69 Å². The lowest BCUT2D eigenvalue weighted by molar-refractivity contribution is -0.123. The number of nitrogens with zero attached hydrogens (tertiary/aromatic N) is 5. The third kappa shape index (κ3) is 3.28. The topological polar surface area (TPSA) is 97.0 Å². The highest BCUT2D eigenvalue weighted by Crippen LogP contribution is 2.26. The fraction of sp³-hybridized carbons (Fsp3) is 0.500. The van der Waals surface area contributed by atoms with Gasteiger partial charge in [0.25, 0.3) is 0 Å². The van der Waals surface area contributed by atoms with Gasteiger partial charge in [-0.15, -0.1) is 0 Å². The molecule has 1 aliphatic rings. The maximum absolute atomic E-state index is 11.6. The van der Waals surface area contributed by atoms with E-state index >= 15 is 0 Å². The van der Waals surface area contributed by atoms with Crippen molar-refractivity contribution in [3.63, 3.8) is 0 Å². The van der Waals surface area contributed by atoms with E-state index in [9.17, 15) is 4.79 Å². The zero-order chi connectivity index (χ0) is 15.4. The van der Waals surface area contributed by atoms with Crippen molar-refractivity contribution in [2.75, 3.05) is 26.2 Å². The lowest BCUT2D eigenvalue weighted by atomic mass is 10.0. The Morgan fingerprint density at radius 2 is 2.32 bits per heavy atom. The average molecular weight is 302 g/mol. The number of likely N-dealkylation sites (tertiary alicyclic amines) is 1. The zero-order valence-corrected chi connectivity index (χ0v) is 12.4. The number of aromatic nitrogens is 4. The summed E-state index contributed by atoms with van der Waals surface area (Å²) < 4.78 is 5.29. The van der Waals surface area contributed by atoms with Gasteiger partial charge in [0, 0.05) is 32.0 Å². The van der Waals surface area contributed by atoms with Crippen LogP contribution in [0.5, 0.6) is 0 Å². The molecular formula is C14H18N6O2. The van der Waals surface area contributed by atoms with E-state index in [2.05, 4.69) is 30.3 Å². The van der Waals surface area contributed by atoms with Crippen LogP contribution in [0, 0.1) is 0 Å². The Labute approximate surface area is 127 Å². The quantitative estimate of drug-likeness (QED) is 0.827. The van der Waals surface area contributed by atoms with E-state index < -0.39 is 0 Å². The number of carbonyl (C=O) groups is 1. The molecule has 2 aromatic heterocycles. The molecule has 0 unspecified atom stereocenters. The molecule has 8 nitrogen and oxygen atoms in total. The van der Waals surface area contributed by atoms with Crippen molar-refractivity contribution < 1.29 is 9.32 Å². The van der Waals surface area contributed by atoms with E-state index in [1.54, 1.807) is 18.6 Å². The van der Waals surface area contributed by atoms with Crippen LogP contribution in [-0.2, 0) is 4.79 Å². The predicted octanol–water partition coefficient (Wildman–Crippen LogP) is 0.452. The largest absolute Gasteiger partial charge is 0.355 e. The second-order valence-corrected chi connectivity index (χ2v) is 5.29. The Bertz CT molecular complexity index is 623. The normalized spacial score (nSPS) is 15.5. The molecule has 1 aliphatic heterocycles. The summed E-state index contributed by atoms with van der Waals surface area (Å²) in [4.78, 5) is 26.2. The van der Waals surface area contributed by atoms with E-state index in [-0.39, 0.29) is 11.8 Å². The second kappa shape index (κ2) is 6.61. The van der Waals surface area contributed by atoms with Gasteiger partial charge in [-0.1, -0.05) is 12.1 Å². The Hall–Kier alpha value is -2.35. The van der Waals surface area contributed by atoms with Crippen molar-refractivity contribution in [2.24, 2.45) is 0 Å². The summed E-state index contributed by atoms with van der Waals surface area (Å²) in [6.45, 7) is 4.68. The maximum atomic E-state index is 11.6. The summed E-state index contributed by atoms with van der Waals surface area (Å²) in [5, 5.41) is 6.79. The van der Waals surface area contributed by atoms with Crippen LogP contribution in [0.1, 0.15) is 25.2 Å². The SMILES string of the molecule is CCCNC(=O)CN1CC(c2nc(-c3cnccn3)no2)C1. The Kier molecular flexibility index (Phi) is 4.38. The van der Waals surface area contributed by atoms with Crippen LogP contribution >= 0.6 is 0 Å². The molecule has 1 saturated heterocycles. The van der Waals surface area contributed by atoms with Crippen molar-refractivity contribution in [2.45, 2.75) is 19.3 Å². The minimum absolute atomic E-state index is 0.0612. The number of hydrogen-bond donors (Lipinski definition) is 1. The van der Waals surface area contributed by atoms with Crippen molar-refractivity contribution in [3.05, 3.63) is 24.5 Å². The molecule has 116 valence electrons. The molecule has 2 aromatic rings. The Morgan fingerprint density at radius 3 is 3.05 bits per heavy atom. The van der Waals surface area contributed by atoms with E-state index in [1.807, 2.05) is 6.92 Å². The molecule has 0 atom stereocenters. The molecule has 1 amide bonds. The average Bonchev–Trinajstić information content (AvgIpc) is 2.98. The first kappa shape index (κ1) is 14.6. The highest BCUT2D eigenvalue weighted by atomic mass is 16.5. The van der Waals surface area contributed by atoms with Gasteiger partial charge in [-0.25, -0.2) is 4.98 Å². The van der Waals surface area contributed by atoms with Gasteiger partial charge >= 0.3 is 0 Å². The molecule has 22 heavy (non-hydrogen) atoms. The summed E-state index contributed by atoms with van der Waals surface area (Å²) >= 11 is 0. The van der Waals surface area contributed by atoms with Crippen LogP contribution in [0.15, 0.2) is 23.1 Å². The zero-order valence-electron chi connectivity index (χ0n) is 12.4. The molecule has 1 N–H and O–H groups in total. The molecule has 8 heteroatoms. The standard InChI is InChI=1S/C14H18N6O2/c1-2-3-17-12(21)9-20-7-10(8-20)14-18-13(19-22-14)11-6-15-4-5-16-11/h4-6,10H,2-3,7-9H2,1H3,(H,17,21). The van der Waals surface area contributed by atoms with Gasteiger partial charge in [-0.3, -0.25) is 14.7 Å². The fourth-order valence-electron chi connectivity index (χ4n) is 2.30. The molecule has 0 aliphatic carbocycles. The predicted molar refractivity (Wildman–Crippen MR) is 77.8 cm³/mol. The van der Waals surface area contributed by atoms with Gasteiger partial charge in [0.05, 0.1) is 18.7 Å². The lowest BCUT2D eigenvalue weighted by Gasteiger charge is -2.36. The van der Waals surface area contributed by atoms with Gasteiger partial charge in [0.15, 0.2) is 0 Å². The maximum Gasteiger partial charge on any atom is 0.234 e. The van der Waals surface area contributed by atoms with Crippen LogP contribution in [0.4, 0.5) is 0 Å². The van der Waals surface area contributed by atoms with E-state index in [1.165, 1.54) is 0 Å². The summed E-state index contributed by atoms with van der Waals surface area (Å²) in [6.07, 6.45) is 5.73. The van der Waals surface area contributed by atoms with Gasteiger partial charge < -0.3 is 9.84 Å². The van der Waals surface area contributed by atoms with Crippen LogP contribution in [0.3, 0.4) is 0 Å². The monoisotopic (exact) mass is 302 g/mol. The summed E-state index contributed by atoms with van der Waals surface area (Å²) in [5.74, 6) is 1.27. The Balaban J connectivity index is 1.51. The first-order chi connectivity index (χ1) is 10.8. The molecule has 1 fully saturated rings. The molecule has 0 aromatic carbocycles. The Morgan fingerprint density at radius 1 is 1.45 bits per heavy atom. The van der Waals surface area contributed by atoms with Gasteiger partial charge in [0.2, 0.25) is 17.6 Å². The third-order valence-electron chi connectivity index (χ3n) is 3.48. The summed E-state index contributed by atoms with van der Waals surface area (Å²) in [5.41, 5.74) is 0.590. The molecule has 3 heterocycles. The molecule has 0 radical (unpaired) electrons. The first-order valence-corrected chi connectivity index (χ1v) is 7.35. The third-order valence-corrected chi connectivity index (χ3v) is 3.48. The summed E-state index contributed by atoms with van der Waals surface area (Å²) in [7, 11) is 0. The van der Waals surface area contributed by atoms with Crippen LogP contribution < -0.4 is 5.32 Å². The molecular weight excluding hydrogens is 284 g/mol. The minimum atomic E-state index is 0.0612. The summed E-state index contributed by atoms with van der Waals surface area (Å²) in [6, 6.07) is 0. The van der Waals surface area contributed by atoms with Crippen LogP contribution in [0.2, 0.25) is 0 Å². The van der Waals surface area contributed by atoms with Crippen LogP contribution in [-0.4, -0.2) is 57.1 Å². The van der Waals surface area contributed by atoms with E-state index in [0.29, 0.717) is 24.0 Å². The van der Waals surface area contributed by atoms with Crippen LogP contribution in [0.25, 0.3) is 11.5 Å². The second-order valence-electron chi connectivity index (χ2n) is 5.29. The van der Waals surface area contributed by atoms with Crippen molar-refractivity contribution in [1.29, 1.82) is 0 Å². The van der Waals surface area contributed by atoms with Crippen molar-refractivity contribution in [3.8, 4) is 11.5 Å². The number of hydrogen-bond acceptors (Lipinski definition) is 7. The van der Waals surface area contributed by atoms with E-state index in [4.69, 9.17) is 4.52 Å². The first-order valence-electron chi connectivity index (χ1n) is 7.35. The molecule has 0 spiro atoms. The fourth-order valence-corrected chi connectivity index (χ4v) is 2.30. The number of rotatable bonds is 6. The smallest absolute Gasteiger partial charge is 0.234 e. The number of amides is 1. The number of carbonyl (C=O) groups excluding carboxylic acids is 1. The highest BCUT2D eigenvalue weighted by Gasteiger charge is 2.33. The molecule has 3 rings (SSSR count). The molecule has 0 bridgehead atoms. The highest BCUT2D eigenvalue weighted by molar-refractivity contribution is 5.78. The van der Waals surface area contributed by atoms with Gasteiger partial charge in [-0.2, -0.15) is 4.98 Å². The van der Waals surface area contributed by atoms with Crippen molar-refractivity contribution in [1.82, 2.24) is 30.3 Å². The minimum Gasteiger partial charge on any atom is -0.355 e.